The molecule has 0 bridgehead atoms. The Bertz CT molecular complexity index is 932. The maximum absolute atomic E-state index is 13.0. The van der Waals surface area contributed by atoms with Crippen LogP contribution >= 0.6 is 0 Å². The van der Waals surface area contributed by atoms with Crippen LogP contribution in [0.15, 0.2) is 18.2 Å². The van der Waals surface area contributed by atoms with Crippen LogP contribution in [0.4, 0.5) is 18.9 Å². The number of rotatable bonds is 5. The fourth-order valence-corrected chi connectivity index (χ4v) is 3.66. The zero-order valence-corrected chi connectivity index (χ0v) is 14.0. The predicted molar refractivity (Wildman–Crippen MR) is 83.9 cm³/mol. The fraction of sp³-hybridized carbons (Fsp3) is 0.429. The summed E-state index contributed by atoms with van der Waals surface area (Å²) in [7, 11) is -3.57. The number of nitro benzene ring substituents is 1. The second-order valence-corrected chi connectivity index (χ2v) is 8.20. The lowest BCUT2D eigenvalue weighted by Crippen LogP contribution is -2.32. The molecule has 0 aliphatic rings. The van der Waals surface area contributed by atoms with E-state index in [2.05, 4.69) is 4.98 Å². The van der Waals surface area contributed by atoms with Crippen molar-refractivity contribution in [3.8, 4) is 0 Å². The monoisotopic (exact) mass is 380 g/mol. The molecule has 7 nitrogen and oxygen atoms in total. The van der Waals surface area contributed by atoms with Crippen LogP contribution < -0.4 is 0 Å². The van der Waals surface area contributed by atoms with Crippen LogP contribution in [0.25, 0.3) is 10.9 Å². The summed E-state index contributed by atoms with van der Waals surface area (Å²) >= 11 is 0. The van der Waals surface area contributed by atoms with Gasteiger partial charge in [-0.15, -0.1) is 0 Å². The van der Waals surface area contributed by atoms with E-state index in [-0.39, 0.29) is 22.3 Å². The van der Waals surface area contributed by atoms with Gasteiger partial charge in [0.15, 0.2) is 9.84 Å². The van der Waals surface area contributed by atoms with E-state index in [1.165, 1.54) is 19.9 Å². The van der Waals surface area contributed by atoms with Gasteiger partial charge >= 0.3 is 6.18 Å². The van der Waals surface area contributed by atoms with Gasteiger partial charge in [0.25, 0.3) is 5.69 Å². The van der Waals surface area contributed by atoms with Gasteiger partial charge in [0.1, 0.15) is 11.2 Å². The first-order chi connectivity index (χ1) is 11.3. The van der Waals surface area contributed by atoms with Crippen LogP contribution in [0.1, 0.15) is 25.1 Å². The SMILES string of the molecule is CCS(=O)(=O)C[C@](C)(O)c1cc2cc([N+](=O)[O-])c(C(F)(F)F)cc2[nH]1. The Balaban J connectivity index is 2.62. The van der Waals surface area contributed by atoms with Gasteiger partial charge in [-0.3, -0.25) is 10.1 Å². The molecule has 11 heteroatoms. The van der Waals surface area contributed by atoms with Crippen LogP contribution in [-0.2, 0) is 21.6 Å². The number of hydrogen-bond donors (Lipinski definition) is 2. The minimum absolute atomic E-state index is 0.0480. The van der Waals surface area contributed by atoms with Gasteiger partial charge in [0.2, 0.25) is 0 Å². The van der Waals surface area contributed by atoms with E-state index < -0.39 is 43.5 Å². The number of aromatic nitrogens is 1. The van der Waals surface area contributed by atoms with Gasteiger partial charge in [-0.1, -0.05) is 6.92 Å². The summed E-state index contributed by atoms with van der Waals surface area (Å²) in [6, 6.07) is 2.51. The molecule has 2 aromatic rings. The summed E-state index contributed by atoms with van der Waals surface area (Å²) in [4.78, 5) is 12.3. The molecule has 0 saturated carbocycles. The van der Waals surface area contributed by atoms with Gasteiger partial charge in [-0.25, -0.2) is 8.42 Å². The molecule has 1 aromatic carbocycles. The second-order valence-electron chi connectivity index (χ2n) is 5.84. The number of halogens is 3. The molecule has 1 aromatic heterocycles. The van der Waals surface area contributed by atoms with Crippen LogP contribution in [0.5, 0.6) is 0 Å². The van der Waals surface area contributed by atoms with Crippen molar-refractivity contribution in [2.75, 3.05) is 11.5 Å². The van der Waals surface area contributed by atoms with Crippen LogP contribution in [-0.4, -0.2) is 34.9 Å². The molecule has 0 spiro atoms. The highest BCUT2D eigenvalue weighted by atomic mass is 32.2. The lowest BCUT2D eigenvalue weighted by atomic mass is 10.1. The third-order valence-electron chi connectivity index (χ3n) is 3.76. The van der Waals surface area contributed by atoms with E-state index in [1.54, 1.807) is 0 Å². The molecule has 0 aliphatic carbocycles. The van der Waals surface area contributed by atoms with E-state index in [9.17, 15) is 36.8 Å². The molecule has 2 N–H and O–H groups in total. The quantitative estimate of drug-likeness (QED) is 0.612. The topological polar surface area (TPSA) is 113 Å². The van der Waals surface area contributed by atoms with Crippen LogP contribution in [0.3, 0.4) is 0 Å². The Kier molecular flexibility index (Phi) is 4.60. The third-order valence-corrected chi connectivity index (χ3v) is 5.64. The average Bonchev–Trinajstić information content (AvgIpc) is 2.87. The van der Waals surface area contributed by atoms with Crippen molar-refractivity contribution in [2.24, 2.45) is 0 Å². The smallest absolute Gasteiger partial charge is 0.383 e. The molecule has 1 atom stereocenters. The highest BCUT2D eigenvalue weighted by Gasteiger charge is 2.39. The number of alkyl halides is 3. The number of hydrogen-bond acceptors (Lipinski definition) is 5. The summed E-state index contributed by atoms with van der Waals surface area (Å²) in [5.41, 5.74) is -4.58. The molecule has 0 amide bonds. The minimum Gasteiger partial charge on any atom is -0.383 e. The van der Waals surface area contributed by atoms with E-state index in [0.717, 1.165) is 6.07 Å². The molecule has 1 heterocycles. The first-order valence-electron chi connectivity index (χ1n) is 7.08. The van der Waals surface area contributed by atoms with E-state index >= 15 is 0 Å². The molecular formula is C14H15F3N2O5S. The third kappa shape index (κ3) is 3.93. The summed E-state index contributed by atoms with van der Waals surface area (Å²) in [6.45, 7) is 2.60. The van der Waals surface area contributed by atoms with Crippen molar-refractivity contribution in [3.05, 3.63) is 39.6 Å². The standard InChI is InChI=1S/C14H15F3N2O5S/c1-3-25(23,24)7-13(2,20)12-5-8-4-11(19(21)22)9(14(15,16)17)6-10(8)18-12/h4-6,18,20H,3,7H2,1-2H3/t13-/m0/s1. The number of benzene rings is 1. The maximum Gasteiger partial charge on any atom is 0.423 e. The van der Waals surface area contributed by atoms with E-state index in [1.807, 2.05) is 0 Å². The van der Waals surface area contributed by atoms with Crippen molar-refractivity contribution < 1.29 is 31.6 Å². The summed E-state index contributed by atoms with van der Waals surface area (Å²) < 4.78 is 62.4. The molecule has 0 saturated heterocycles. The lowest BCUT2D eigenvalue weighted by Gasteiger charge is -2.21. The predicted octanol–water partition coefficient (Wildman–Crippen LogP) is 2.74. The van der Waals surface area contributed by atoms with Gasteiger partial charge in [-0.2, -0.15) is 13.2 Å². The summed E-state index contributed by atoms with van der Waals surface area (Å²) in [5, 5.41) is 21.4. The molecule has 0 radical (unpaired) electrons. The van der Waals surface area contributed by atoms with E-state index in [0.29, 0.717) is 6.07 Å². The van der Waals surface area contributed by atoms with Crippen LogP contribution in [0, 0.1) is 10.1 Å². The van der Waals surface area contributed by atoms with Gasteiger partial charge in [-0.05, 0) is 19.1 Å². The molecule has 25 heavy (non-hydrogen) atoms. The van der Waals surface area contributed by atoms with Gasteiger partial charge in [0.05, 0.1) is 10.7 Å². The van der Waals surface area contributed by atoms with Crippen LogP contribution in [0.2, 0.25) is 0 Å². The zero-order valence-electron chi connectivity index (χ0n) is 13.2. The number of H-pyrrole nitrogens is 1. The lowest BCUT2D eigenvalue weighted by molar-refractivity contribution is -0.387. The molecule has 138 valence electrons. The van der Waals surface area contributed by atoms with Crippen molar-refractivity contribution in [3.63, 3.8) is 0 Å². The number of nitro groups is 1. The summed E-state index contributed by atoms with van der Waals surface area (Å²) in [5.74, 6) is -0.857. The number of aromatic amines is 1. The Hall–Kier alpha value is -2.14. The average molecular weight is 380 g/mol. The highest BCUT2D eigenvalue weighted by molar-refractivity contribution is 7.91. The summed E-state index contributed by atoms with van der Waals surface area (Å²) in [6.07, 6.45) is -4.93. The molecular weight excluding hydrogens is 365 g/mol. The zero-order chi connectivity index (χ0) is 19.2. The Morgan fingerprint density at radius 3 is 2.36 bits per heavy atom. The normalized spacial score (nSPS) is 15.3. The number of nitrogens with one attached hydrogen (secondary N) is 1. The van der Waals surface area contributed by atoms with Gasteiger partial charge < -0.3 is 10.1 Å². The molecule has 0 aliphatic heterocycles. The van der Waals surface area contributed by atoms with Crippen molar-refractivity contribution in [1.29, 1.82) is 0 Å². The fourth-order valence-electron chi connectivity index (χ4n) is 2.45. The Morgan fingerprint density at radius 1 is 1.28 bits per heavy atom. The first-order valence-corrected chi connectivity index (χ1v) is 8.90. The van der Waals surface area contributed by atoms with Crippen molar-refractivity contribution in [2.45, 2.75) is 25.6 Å². The highest BCUT2D eigenvalue weighted by Crippen LogP contribution is 2.39. The number of sulfone groups is 1. The maximum atomic E-state index is 13.0. The molecule has 0 fully saturated rings. The second kappa shape index (κ2) is 5.99. The molecule has 0 unspecified atom stereocenters. The van der Waals surface area contributed by atoms with E-state index in [4.69, 9.17) is 0 Å². The van der Waals surface area contributed by atoms with Crippen molar-refractivity contribution >= 4 is 26.4 Å². The Morgan fingerprint density at radius 2 is 1.88 bits per heavy atom. The largest absolute Gasteiger partial charge is 0.423 e. The molecule has 2 rings (SSSR count). The number of fused-ring (bicyclic) bond motifs is 1. The number of aliphatic hydroxyl groups is 1. The first kappa shape index (κ1) is 19.2. The Labute approximate surface area is 140 Å². The van der Waals surface area contributed by atoms with Crippen molar-refractivity contribution in [1.82, 2.24) is 4.98 Å². The minimum atomic E-state index is -4.93. The number of nitrogens with zero attached hydrogens (tertiary/aromatic N) is 1. The van der Waals surface area contributed by atoms with Gasteiger partial charge in [0, 0.05) is 28.4 Å².